The minimum absolute atomic E-state index is 0.184. The first-order chi connectivity index (χ1) is 12.7. The first-order valence-electron chi connectivity index (χ1n) is 9.09. The number of hydrogen-bond acceptors (Lipinski definition) is 3. The minimum Gasteiger partial charge on any atom is -0.340 e. The molecule has 0 unspecified atom stereocenters. The summed E-state index contributed by atoms with van der Waals surface area (Å²) in [5, 5.41) is 0.963. The Labute approximate surface area is 159 Å². The summed E-state index contributed by atoms with van der Waals surface area (Å²) in [6.45, 7) is 6.82. The predicted octanol–water partition coefficient (Wildman–Crippen LogP) is 2.40. The molecule has 0 atom stereocenters. The number of aliphatic imine (C=N–C) groups is 1. The van der Waals surface area contributed by atoms with Crippen LogP contribution in [0.4, 0.5) is 5.69 Å². The largest absolute Gasteiger partial charge is 0.340 e. The number of nitrogens with zero attached hydrogens (tertiary/aromatic N) is 2. The lowest BCUT2D eigenvalue weighted by atomic mass is 10.2. The molecule has 0 bridgehead atoms. The van der Waals surface area contributed by atoms with E-state index >= 15 is 0 Å². The first-order valence-corrected chi connectivity index (χ1v) is 10.1. The lowest BCUT2D eigenvalue weighted by molar-refractivity contribution is -0.917. The molecule has 1 saturated heterocycles. The highest BCUT2D eigenvalue weighted by molar-refractivity contribution is 8.14. The maximum Gasteiger partial charge on any atom is 0.165 e. The highest BCUT2D eigenvalue weighted by Crippen LogP contribution is 2.17. The molecule has 26 heavy (non-hydrogen) atoms. The molecule has 2 aromatic carbocycles. The molecule has 5 heteroatoms. The Morgan fingerprint density at radius 1 is 1.04 bits per heavy atom. The third-order valence-corrected chi connectivity index (χ3v) is 5.58. The van der Waals surface area contributed by atoms with Crippen molar-refractivity contribution in [3.63, 3.8) is 0 Å². The van der Waals surface area contributed by atoms with Crippen LogP contribution in [0.1, 0.15) is 12.5 Å². The maximum atomic E-state index is 11.4. The van der Waals surface area contributed by atoms with Crippen molar-refractivity contribution in [3.8, 4) is 0 Å². The van der Waals surface area contributed by atoms with Crippen molar-refractivity contribution < 1.29 is 9.69 Å². The number of piperazine rings is 1. The number of amidine groups is 1. The van der Waals surface area contributed by atoms with E-state index in [1.807, 2.05) is 30.3 Å². The Hall–Kier alpha value is -2.11. The smallest absolute Gasteiger partial charge is 0.165 e. The van der Waals surface area contributed by atoms with Gasteiger partial charge in [0.05, 0.1) is 37.6 Å². The van der Waals surface area contributed by atoms with Gasteiger partial charge in [0.15, 0.2) is 5.17 Å². The zero-order valence-corrected chi connectivity index (χ0v) is 16.0. The molecule has 1 aliphatic rings. The Morgan fingerprint density at radius 3 is 2.27 bits per heavy atom. The van der Waals surface area contributed by atoms with Crippen LogP contribution in [0.15, 0.2) is 65.7 Å². The third-order valence-electron chi connectivity index (χ3n) is 4.42. The lowest BCUT2D eigenvalue weighted by Gasteiger charge is -2.33. The van der Waals surface area contributed by atoms with Gasteiger partial charge in [0.1, 0.15) is 12.3 Å². The number of nitrogens with one attached hydrogen (secondary N) is 1. The van der Waals surface area contributed by atoms with E-state index in [4.69, 9.17) is 4.99 Å². The summed E-state index contributed by atoms with van der Waals surface area (Å²) in [6.07, 6.45) is 0. The molecule has 1 N–H and O–H groups in total. The molecule has 1 aliphatic heterocycles. The van der Waals surface area contributed by atoms with Gasteiger partial charge in [-0.3, -0.25) is 4.79 Å². The standard InChI is InChI=1S/C21H25N3OS/c1-18(25)17-26-21(22-20-10-6-3-7-11-20)24-14-12-23(13-15-24)16-19-8-4-2-5-9-19/h2-11H,12-17H2,1H3/p+1. The molecular formula is C21H26N3OS+. The van der Waals surface area contributed by atoms with Crippen molar-refractivity contribution in [1.29, 1.82) is 0 Å². The number of para-hydroxylation sites is 1. The van der Waals surface area contributed by atoms with Crippen LogP contribution < -0.4 is 4.90 Å². The fourth-order valence-corrected chi connectivity index (χ4v) is 3.92. The number of thioether (sulfide) groups is 1. The van der Waals surface area contributed by atoms with E-state index in [0.29, 0.717) is 5.75 Å². The van der Waals surface area contributed by atoms with Gasteiger partial charge in [0, 0.05) is 5.56 Å². The molecule has 1 heterocycles. The van der Waals surface area contributed by atoms with Gasteiger partial charge in [-0.05, 0) is 19.1 Å². The summed E-state index contributed by atoms with van der Waals surface area (Å²) in [4.78, 5) is 20.2. The van der Waals surface area contributed by atoms with Gasteiger partial charge in [-0.1, -0.05) is 60.3 Å². The summed E-state index contributed by atoms with van der Waals surface area (Å²) in [5.41, 5.74) is 2.33. The molecule has 0 saturated carbocycles. The molecule has 0 radical (unpaired) electrons. The van der Waals surface area contributed by atoms with Crippen molar-refractivity contribution >= 4 is 28.4 Å². The zero-order valence-electron chi connectivity index (χ0n) is 15.2. The van der Waals surface area contributed by atoms with Gasteiger partial charge in [-0.15, -0.1) is 0 Å². The van der Waals surface area contributed by atoms with Gasteiger partial charge in [-0.2, -0.15) is 0 Å². The monoisotopic (exact) mass is 368 g/mol. The summed E-state index contributed by atoms with van der Waals surface area (Å²) >= 11 is 1.55. The highest BCUT2D eigenvalue weighted by Gasteiger charge is 2.23. The highest BCUT2D eigenvalue weighted by atomic mass is 32.2. The quantitative estimate of drug-likeness (QED) is 0.650. The predicted molar refractivity (Wildman–Crippen MR) is 109 cm³/mol. The number of carbonyl (C=O) groups is 1. The van der Waals surface area contributed by atoms with Gasteiger partial charge in [-0.25, -0.2) is 4.99 Å². The van der Waals surface area contributed by atoms with Crippen molar-refractivity contribution in [2.75, 3.05) is 31.9 Å². The Kier molecular flexibility index (Phi) is 6.86. The molecule has 1 fully saturated rings. The third kappa shape index (κ3) is 5.71. The summed E-state index contributed by atoms with van der Waals surface area (Å²) < 4.78 is 0. The molecule has 0 aliphatic carbocycles. The number of ketones is 1. The van der Waals surface area contributed by atoms with E-state index in [-0.39, 0.29) is 5.78 Å². The van der Waals surface area contributed by atoms with Crippen LogP contribution >= 0.6 is 11.8 Å². The number of rotatable bonds is 5. The second-order valence-corrected chi connectivity index (χ2v) is 7.56. The van der Waals surface area contributed by atoms with Crippen molar-refractivity contribution in [2.45, 2.75) is 13.5 Å². The van der Waals surface area contributed by atoms with Crippen LogP contribution in [0.25, 0.3) is 0 Å². The second kappa shape index (κ2) is 9.55. The molecule has 136 valence electrons. The van der Waals surface area contributed by atoms with Crippen LogP contribution in [0, 0.1) is 0 Å². The van der Waals surface area contributed by atoms with Gasteiger partial charge < -0.3 is 9.80 Å². The Morgan fingerprint density at radius 2 is 1.65 bits per heavy atom. The SMILES string of the molecule is CC(=O)CSC(=Nc1ccccc1)N1CC[NH+](Cc2ccccc2)CC1. The summed E-state index contributed by atoms with van der Waals surface area (Å²) in [7, 11) is 0. The fourth-order valence-electron chi connectivity index (χ4n) is 3.05. The van der Waals surface area contributed by atoms with E-state index in [0.717, 1.165) is 43.6 Å². The normalized spacial score (nSPS) is 15.9. The van der Waals surface area contributed by atoms with E-state index in [1.165, 1.54) is 5.56 Å². The topological polar surface area (TPSA) is 37.1 Å². The van der Waals surface area contributed by atoms with Crippen molar-refractivity contribution in [2.24, 2.45) is 4.99 Å². The lowest BCUT2D eigenvalue weighted by Crippen LogP contribution is -3.13. The number of benzene rings is 2. The van der Waals surface area contributed by atoms with E-state index < -0.39 is 0 Å². The minimum atomic E-state index is 0.184. The summed E-state index contributed by atoms with van der Waals surface area (Å²) in [5.74, 6) is 0.659. The molecule has 4 nitrogen and oxygen atoms in total. The van der Waals surface area contributed by atoms with Crippen molar-refractivity contribution in [3.05, 3.63) is 66.2 Å². The van der Waals surface area contributed by atoms with Crippen LogP contribution in [-0.2, 0) is 11.3 Å². The van der Waals surface area contributed by atoms with Gasteiger partial charge in [0.25, 0.3) is 0 Å². The van der Waals surface area contributed by atoms with E-state index in [2.05, 4.69) is 35.2 Å². The molecule has 3 rings (SSSR count). The Bertz CT molecular complexity index is 725. The maximum absolute atomic E-state index is 11.4. The van der Waals surface area contributed by atoms with Gasteiger partial charge in [0.2, 0.25) is 0 Å². The average Bonchev–Trinajstić information content (AvgIpc) is 2.67. The van der Waals surface area contributed by atoms with Gasteiger partial charge >= 0.3 is 0 Å². The number of carbonyl (C=O) groups excluding carboxylic acids is 1. The molecule has 2 aromatic rings. The Balaban J connectivity index is 1.63. The van der Waals surface area contributed by atoms with Crippen LogP contribution in [-0.4, -0.2) is 47.8 Å². The average molecular weight is 369 g/mol. The zero-order chi connectivity index (χ0) is 18.2. The van der Waals surface area contributed by atoms with Crippen molar-refractivity contribution in [1.82, 2.24) is 4.90 Å². The molecular weight excluding hydrogens is 342 g/mol. The number of Topliss-reactive ketones (excluding diaryl/α,β-unsaturated/α-hetero) is 1. The van der Waals surface area contributed by atoms with Crippen LogP contribution in [0.5, 0.6) is 0 Å². The summed E-state index contributed by atoms with van der Waals surface area (Å²) in [6, 6.07) is 20.7. The number of quaternary nitrogens is 1. The number of hydrogen-bond donors (Lipinski definition) is 1. The molecule has 0 aromatic heterocycles. The molecule has 0 spiro atoms. The van der Waals surface area contributed by atoms with E-state index in [9.17, 15) is 4.79 Å². The fraction of sp³-hybridized carbons (Fsp3) is 0.333. The second-order valence-electron chi connectivity index (χ2n) is 6.62. The van der Waals surface area contributed by atoms with Crippen LogP contribution in [0.3, 0.4) is 0 Å². The molecule has 0 amide bonds. The van der Waals surface area contributed by atoms with E-state index in [1.54, 1.807) is 23.6 Å². The van der Waals surface area contributed by atoms with Crippen LogP contribution in [0.2, 0.25) is 0 Å². The first kappa shape index (κ1) is 18.7.